The lowest BCUT2D eigenvalue weighted by Gasteiger charge is -2.19. The van der Waals surface area contributed by atoms with Gasteiger partial charge in [-0.25, -0.2) is 4.98 Å². The summed E-state index contributed by atoms with van der Waals surface area (Å²) in [5.41, 5.74) is 0.792. The Morgan fingerprint density at radius 3 is 2.48 bits per heavy atom. The molecule has 6 nitrogen and oxygen atoms in total. The second-order valence-corrected chi connectivity index (χ2v) is 4.48. The van der Waals surface area contributed by atoms with Gasteiger partial charge in [0.15, 0.2) is 0 Å². The third kappa shape index (κ3) is 2.68. The van der Waals surface area contributed by atoms with E-state index in [1.165, 1.54) is 0 Å². The molecule has 6 heteroatoms. The van der Waals surface area contributed by atoms with Crippen LogP contribution < -0.4 is 0 Å². The second kappa shape index (κ2) is 6.07. The highest BCUT2D eigenvalue weighted by Crippen LogP contribution is 2.20. The predicted octanol–water partition coefficient (Wildman–Crippen LogP) is 2.75. The minimum Gasteiger partial charge on any atom is -0.335 e. The highest BCUT2D eigenvalue weighted by molar-refractivity contribution is 5.75. The Labute approximate surface area is 122 Å². The van der Waals surface area contributed by atoms with Crippen LogP contribution >= 0.6 is 0 Å². The summed E-state index contributed by atoms with van der Waals surface area (Å²) in [6.07, 6.45) is 7.08. The average Bonchev–Trinajstić information content (AvgIpc) is 3.16. The lowest BCUT2D eigenvalue weighted by Crippen LogP contribution is -2.16. The quantitative estimate of drug-likeness (QED) is 0.654. The van der Waals surface area contributed by atoms with Gasteiger partial charge in [-0.1, -0.05) is 0 Å². The standard InChI is InChI=1S/C15H18N4O2/c1-3-20-15(21-4-2)19-10-7-12-11-16-14(17-13(12)19)18-8-5-6-9-18/h5-11,15H,3-4H2,1-2H3. The smallest absolute Gasteiger partial charge is 0.245 e. The molecule has 0 aliphatic rings. The van der Waals surface area contributed by atoms with Gasteiger partial charge in [-0.2, -0.15) is 4.98 Å². The summed E-state index contributed by atoms with van der Waals surface area (Å²) in [7, 11) is 0. The molecule has 0 aliphatic carbocycles. The molecule has 3 heterocycles. The molecule has 0 fully saturated rings. The fraction of sp³-hybridized carbons (Fsp3) is 0.333. The van der Waals surface area contributed by atoms with Crippen LogP contribution in [0.25, 0.3) is 17.0 Å². The van der Waals surface area contributed by atoms with Gasteiger partial charge in [0.2, 0.25) is 12.4 Å². The summed E-state index contributed by atoms with van der Waals surface area (Å²) in [5.74, 6) is 0.624. The maximum absolute atomic E-state index is 5.64. The Balaban J connectivity index is 2.04. The lowest BCUT2D eigenvalue weighted by molar-refractivity contribution is -0.183. The van der Waals surface area contributed by atoms with Gasteiger partial charge in [-0.15, -0.1) is 0 Å². The first kappa shape index (κ1) is 13.8. The summed E-state index contributed by atoms with van der Waals surface area (Å²) in [6.45, 7) is 5.02. The van der Waals surface area contributed by atoms with Gasteiger partial charge < -0.3 is 9.47 Å². The van der Waals surface area contributed by atoms with Crippen molar-refractivity contribution >= 4 is 11.0 Å². The third-order valence-corrected chi connectivity index (χ3v) is 3.12. The molecule has 0 bridgehead atoms. The number of hydrogen-bond acceptors (Lipinski definition) is 4. The minimum absolute atomic E-state index is 0.468. The van der Waals surface area contributed by atoms with Gasteiger partial charge in [0.05, 0.1) is 0 Å². The fourth-order valence-electron chi connectivity index (χ4n) is 2.18. The maximum Gasteiger partial charge on any atom is 0.245 e. The van der Waals surface area contributed by atoms with E-state index in [4.69, 9.17) is 9.47 Å². The van der Waals surface area contributed by atoms with E-state index < -0.39 is 6.41 Å². The molecule has 0 saturated heterocycles. The lowest BCUT2D eigenvalue weighted by atomic mass is 10.4. The predicted molar refractivity (Wildman–Crippen MR) is 79.1 cm³/mol. The Kier molecular flexibility index (Phi) is 3.98. The van der Waals surface area contributed by atoms with Crippen molar-refractivity contribution in [2.75, 3.05) is 13.2 Å². The van der Waals surface area contributed by atoms with E-state index in [1.807, 2.05) is 66.0 Å². The molecule has 0 aliphatic heterocycles. The zero-order valence-corrected chi connectivity index (χ0v) is 12.1. The molecule has 0 spiro atoms. The molecule has 0 amide bonds. The van der Waals surface area contributed by atoms with Crippen LogP contribution in [0.4, 0.5) is 0 Å². The van der Waals surface area contributed by atoms with E-state index in [0.29, 0.717) is 19.2 Å². The molecule has 0 atom stereocenters. The molecule has 110 valence electrons. The molecule has 3 aromatic heterocycles. The van der Waals surface area contributed by atoms with Crippen LogP contribution in [0.2, 0.25) is 0 Å². The van der Waals surface area contributed by atoms with Gasteiger partial charge >= 0.3 is 0 Å². The molecule has 0 N–H and O–H groups in total. The number of aromatic nitrogens is 4. The molecular weight excluding hydrogens is 268 g/mol. The number of fused-ring (bicyclic) bond motifs is 1. The maximum atomic E-state index is 5.64. The molecule has 0 radical (unpaired) electrons. The van der Waals surface area contributed by atoms with E-state index in [0.717, 1.165) is 11.0 Å². The SMILES string of the molecule is CCOC(OCC)n1ccc2cnc(-n3cccc3)nc21. The summed E-state index contributed by atoms with van der Waals surface area (Å²) in [5, 5.41) is 0.954. The van der Waals surface area contributed by atoms with Crippen molar-refractivity contribution in [2.24, 2.45) is 0 Å². The van der Waals surface area contributed by atoms with Gasteiger partial charge in [-0.3, -0.25) is 9.13 Å². The van der Waals surface area contributed by atoms with Gasteiger partial charge in [0.1, 0.15) is 5.65 Å². The molecule has 0 unspecified atom stereocenters. The zero-order chi connectivity index (χ0) is 14.7. The van der Waals surface area contributed by atoms with Crippen molar-refractivity contribution in [3.8, 4) is 5.95 Å². The topological polar surface area (TPSA) is 54.1 Å². The van der Waals surface area contributed by atoms with Crippen LogP contribution in [0.1, 0.15) is 20.3 Å². The number of rotatable bonds is 6. The van der Waals surface area contributed by atoms with E-state index in [-0.39, 0.29) is 0 Å². The van der Waals surface area contributed by atoms with Crippen LogP contribution in [0.3, 0.4) is 0 Å². The van der Waals surface area contributed by atoms with Crippen molar-refractivity contribution in [2.45, 2.75) is 20.3 Å². The van der Waals surface area contributed by atoms with Crippen molar-refractivity contribution < 1.29 is 9.47 Å². The third-order valence-electron chi connectivity index (χ3n) is 3.12. The van der Waals surface area contributed by atoms with E-state index in [2.05, 4.69) is 9.97 Å². The molecule has 3 aromatic rings. The summed E-state index contributed by atoms with van der Waals surface area (Å²) < 4.78 is 15.0. The Morgan fingerprint density at radius 2 is 1.81 bits per heavy atom. The molecule has 0 aromatic carbocycles. The largest absolute Gasteiger partial charge is 0.335 e. The first-order valence-corrected chi connectivity index (χ1v) is 7.03. The van der Waals surface area contributed by atoms with Crippen molar-refractivity contribution in [3.63, 3.8) is 0 Å². The summed E-state index contributed by atoms with van der Waals surface area (Å²) in [6, 6.07) is 5.84. The number of nitrogens with zero attached hydrogens (tertiary/aromatic N) is 4. The normalized spacial score (nSPS) is 11.6. The van der Waals surface area contributed by atoms with E-state index in [1.54, 1.807) is 0 Å². The van der Waals surface area contributed by atoms with Gasteiger partial charge in [-0.05, 0) is 32.0 Å². The summed E-state index contributed by atoms with van der Waals surface area (Å²) in [4.78, 5) is 8.99. The first-order chi connectivity index (χ1) is 10.3. The average molecular weight is 286 g/mol. The fourth-order valence-corrected chi connectivity index (χ4v) is 2.18. The van der Waals surface area contributed by atoms with Gasteiger partial charge in [0, 0.05) is 43.4 Å². The molecule has 21 heavy (non-hydrogen) atoms. The van der Waals surface area contributed by atoms with Crippen LogP contribution in [0, 0.1) is 0 Å². The second-order valence-electron chi connectivity index (χ2n) is 4.48. The first-order valence-electron chi connectivity index (χ1n) is 7.03. The van der Waals surface area contributed by atoms with Crippen LogP contribution in [-0.2, 0) is 9.47 Å². The molecule has 3 rings (SSSR count). The highest BCUT2D eigenvalue weighted by Gasteiger charge is 2.15. The number of ether oxygens (including phenoxy) is 2. The summed E-state index contributed by atoms with van der Waals surface area (Å²) >= 11 is 0. The van der Waals surface area contributed by atoms with Crippen LogP contribution in [0.5, 0.6) is 0 Å². The highest BCUT2D eigenvalue weighted by atomic mass is 16.7. The van der Waals surface area contributed by atoms with Gasteiger partial charge in [0.25, 0.3) is 0 Å². The van der Waals surface area contributed by atoms with Crippen LogP contribution in [0.15, 0.2) is 43.0 Å². The Bertz CT molecular complexity index is 700. The van der Waals surface area contributed by atoms with Crippen molar-refractivity contribution in [1.82, 2.24) is 19.1 Å². The van der Waals surface area contributed by atoms with E-state index in [9.17, 15) is 0 Å². The van der Waals surface area contributed by atoms with E-state index >= 15 is 0 Å². The van der Waals surface area contributed by atoms with Crippen molar-refractivity contribution in [1.29, 1.82) is 0 Å². The van der Waals surface area contributed by atoms with Crippen LogP contribution in [-0.4, -0.2) is 32.3 Å². The Hall–Kier alpha value is -2.18. The van der Waals surface area contributed by atoms with Crippen molar-refractivity contribution in [3.05, 3.63) is 43.0 Å². The number of hydrogen-bond donors (Lipinski definition) is 0. The Morgan fingerprint density at radius 1 is 1.10 bits per heavy atom. The monoisotopic (exact) mass is 286 g/mol. The molecule has 0 saturated carbocycles. The minimum atomic E-state index is -0.468. The molecular formula is C15H18N4O2. The zero-order valence-electron chi connectivity index (χ0n) is 12.1.